The maximum atomic E-state index is 12.9. The fraction of sp³-hybridized carbons (Fsp3) is 0.130. The summed E-state index contributed by atoms with van der Waals surface area (Å²) in [5.74, 6) is -1.26. The minimum Gasteiger partial charge on any atom is -0.406 e. The van der Waals surface area contributed by atoms with Gasteiger partial charge in [0.05, 0.1) is 17.0 Å². The Labute approximate surface area is 192 Å². The number of aromatic nitrogens is 2. The first-order valence-electron chi connectivity index (χ1n) is 9.96. The predicted molar refractivity (Wildman–Crippen MR) is 118 cm³/mol. The summed E-state index contributed by atoms with van der Waals surface area (Å²) in [6.45, 7) is 1.86. The number of carbonyl (C=O) groups excluding carboxylic acids is 1. The van der Waals surface area contributed by atoms with Crippen LogP contribution in [0.3, 0.4) is 0 Å². The average molecular weight is 489 g/mol. The molecule has 11 heteroatoms. The molecule has 4 aromatic rings. The van der Waals surface area contributed by atoms with E-state index in [-0.39, 0.29) is 22.9 Å². The largest absolute Gasteiger partial charge is 0.573 e. The Kier molecular flexibility index (Phi) is 6.05. The number of hydrogen-bond donors (Lipinski definition) is 1. The normalized spacial score (nSPS) is 12.0. The Balaban J connectivity index is 1.61. The second-order valence-electron chi connectivity index (χ2n) is 7.47. The van der Waals surface area contributed by atoms with Crippen molar-refractivity contribution in [3.63, 3.8) is 0 Å². The average Bonchev–Trinajstić information content (AvgIpc) is 3.13. The quantitative estimate of drug-likeness (QED) is 0.433. The molecule has 1 N–H and O–H groups in total. The van der Waals surface area contributed by atoms with Gasteiger partial charge in [-0.3, -0.25) is 9.48 Å². The third-order valence-electron chi connectivity index (χ3n) is 4.89. The number of ether oxygens (including phenoxy) is 1. The van der Waals surface area contributed by atoms with Crippen molar-refractivity contribution >= 4 is 26.8 Å². The van der Waals surface area contributed by atoms with Gasteiger partial charge in [-0.2, -0.15) is 5.10 Å². The summed E-state index contributed by atoms with van der Waals surface area (Å²) < 4.78 is 69.9. The fourth-order valence-corrected chi connectivity index (χ4v) is 4.45. The van der Waals surface area contributed by atoms with E-state index in [1.54, 1.807) is 43.3 Å². The summed E-state index contributed by atoms with van der Waals surface area (Å²) >= 11 is 0. The second-order valence-corrected chi connectivity index (χ2v) is 9.15. The number of nitrogens with zero attached hydrogens (tertiary/aromatic N) is 2. The highest BCUT2D eigenvalue weighted by atomic mass is 32.2. The molecule has 1 heterocycles. The summed E-state index contributed by atoms with van der Waals surface area (Å²) in [5, 5.41) is 4.72. The van der Waals surface area contributed by atoms with Crippen LogP contribution in [0.5, 0.6) is 5.75 Å². The van der Waals surface area contributed by atoms with Crippen molar-refractivity contribution in [3.05, 3.63) is 89.6 Å². The van der Waals surface area contributed by atoms with E-state index in [1.807, 2.05) is 4.72 Å². The molecule has 0 aliphatic heterocycles. The Bertz CT molecular complexity index is 1460. The molecule has 0 aliphatic rings. The van der Waals surface area contributed by atoms with Gasteiger partial charge in [-0.25, -0.2) is 13.1 Å². The summed E-state index contributed by atoms with van der Waals surface area (Å²) in [4.78, 5) is 12.8. The molecule has 34 heavy (non-hydrogen) atoms. The van der Waals surface area contributed by atoms with Crippen LogP contribution in [-0.4, -0.2) is 30.5 Å². The first-order chi connectivity index (χ1) is 16.0. The molecule has 0 fully saturated rings. The molecular weight excluding hydrogens is 471 g/mol. The van der Waals surface area contributed by atoms with E-state index in [2.05, 4.69) is 9.84 Å². The zero-order valence-corrected chi connectivity index (χ0v) is 18.5. The van der Waals surface area contributed by atoms with Crippen LogP contribution in [-0.2, 0) is 16.6 Å². The number of rotatable bonds is 6. The molecule has 1 aromatic heterocycles. The molecule has 0 unspecified atom stereocenters. The molecule has 3 aromatic carbocycles. The Morgan fingerprint density at radius 1 is 1.03 bits per heavy atom. The third kappa shape index (κ3) is 5.20. The van der Waals surface area contributed by atoms with Gasteiger partial charge in [0, 0.05) is 5.39 Å². The standard InChI is InChI=1S/C23H18F3N3O4S/c1-15-5-4-6-18(13-15)34(31,32)28-22(30)21-19-7-2-3-8-20(19)29(27-21)14-16-9-11-17(12-10-16)33-23(24,25)26/h2-13H,14H2,1H3,(H,28,30). The van der Waals surface area contributed by atoms with Crippen LogP contribution in [0.25, 0.3) is 10.9 Å². The molecule has 176 valence electrons. The van der Waals surface area contributed by atoms with E-state index in [0.717, 1.165) is 5.56 Å². The maximum absolute atomic E-state index is 12.9. The number of benzene rings is 3. The summed E-state index contributed by atoms with van der Waals surface area (Å²) in [5.41, 5.74) is 1.78. The summed E-state index contributed by atoms with van der Waals surface area (Å²) in [7, 11) is -4.12. The Morgan fingerprint density at radius 2 is 1.74 bits per heavy atom. The second kappa shape index (κ2) is 8.82. The zero-order chi connectivity index (χ0) is 24.5. The number of hydrogen-bond acceptors (Lipinski definition) is 5. The van der Waals surface area contributed by atoms with Gasteiger partial charge in [-0.15, -0.1) is 13.2 Å². The van der Waals surface area contributed by atoms with Crippen molar-refractivity contribution in [2.24, 2.45) is 0 Å². The Hall–Kier alpha value is -3.86. The van der Waals surface area contributed by atoms with E-state index >= 15 is 0 Å². The van der Waals surface area contributed by atoms with Crippen LogP contribution in [0.15, 0.2) is 77.7 Å². The number of amides is 1. The van der Waals surface area contributed by atoms with Gasteiger partial charge in [0.2, 0.25) is 0 Å². The van der Waals surface area contributed by atoms with E-state index < -0.39 is 22.3 Å². The van der Waals surface area contributed by atoms with E-state index in [0.29, 0.717) is 16.5 Å². The first-order valence-corrected chi connectivity index (χ1v) is 11.4. The first kappa shape index (κ1) is 23.3. The van der Waals surface area contributed by atoms with E-state index in [1.165, 1.54) is 41.1 Å². The number of alkyl halides is 3. The minimum absolute atomic E-state index is 0.0502. The minimum atomic E-state index is -4.79. The predicted octanol–water partition coefficient (Wildman–Crippen LogP) is 4.41. The van der Waals surface area contributed by atoms with Gasteiger partial charge in [-0.05, 0) is 48.4 Å². The highest BCUT2D eigenvalue weighted by Crippen LogP contribution is 2.24. The summed E-state index contributed by atoms with van der Waals surface area (Å²) in [6.07, 6.45) is -4.79. The van der Waals surface area contributed by atoms with Gasteiger partial charge in [-0.1, -0.05) is 42.5 Å². The molecule has 0 bridgehead atoms. The van der Waals surface area contributed by atoms with Crippen molar-refractivity contribution < 1.29 is 31.1 Å². The van der Waals surface area contributed by atoms with Gasteiger partial charge in [0.1, 0.15) is 5.75 Å². The van der Waals surface area contributed by atoms with E-state index in [4.69, 9.17) is 0 Å². The maximum Gasteiger partial charge on any atom is 0.573 e. The van der Waals surface area contributed by atoms with Crippen LogP contribution in [0.2, 0.25) is 0 Å². The molecule has 0 aliphatic carbocycles. The van der Waals surface area contributed by atoms with Crippen LogP contribution in [0, 0.1) is 6.92 Å². The fourth-order valence-electron chi connectivity index (χ4n) is 3.40. The van der Waals surface area contributed by atoms with Crippen LogP contribution < -0.4 is 9.46 Å². The molecule has 0 radical (unpaired) electrons. The lowest BCUT2D eigenvalue weighted by Crippen LogP contribution is -2.31. The van der Waals surface area contributed by atoms with Crippen molar-refractivity contribution in [1.29, 1.82) is 0 Å². The van der Waals surface area contributed by atoms with Gasteiger partial charge < -0.3 is 4.74 Å². The summed E-state index contributed by atoms with van der Waals surface area (Å²) in [6, 6.07) is 18.1. The van der Waals surface area contributed by atoms with Crippen LogP contribution >= 0.6 is 0 Å². The lowest BCUT2D eigenvalue weighted by Gasteiger charge is -2.09. The van der Waals surface area contributed by atoms with E-state index in [9.17, 15) is 26.4 Å². The highest BCUT2D eigenvalue weighted by molar-refractivity contribution is 7.90. The molecule has 0 saturated carbocycles. The van der Waals surface area contributed by atoms with Crippen molar-refractivity contribution in [2.45, 2.75) is 24.7 Å². The van der Waals surface area contributed by atoms with Crippen molar-refractivity contribution in [3.8, 4) is 5.75 Å². The lowest BCUT2D eigenvalue weighted by molar-refractivity contribution is -0.274. The molecule has 0 spiro atoms. The molecule has 7 nitrogen and oxygen atoms in total. The topological polar surface area (TPSA) is 90.3 Å². The van der Waals surface area contributed by atoms with Gasteiger partial charge >= 0.3 is 6.36 Å². The third-order valence-corrected chi connectivity index (χ3v) is 6.22. The van der Waals surface area contributed by atoms with Crippen molar-refractivity contribution in [1.82, 2.24) is 14.5 Å². The molecule has 4 rings (SSSR count). The number of halogens is 3. The number of sulfonamides is 1. The number of para-hydroxylation sites is 1. The van der Waals surface area contributed by atoms with Crippen molar-refractivity contribution in [2.75, 3.05) is 0 Å². The molecule has 0 atom stereocenters. The molecule has 0 saturated heterocycles. The molecule has 1 amide bonds. The number of aryl methyl sites for hydroxylation is 1. The smallest absolute Gasteiger partial charge is 0.406 e. The SMILES string of the molecule is Cc1cccc(S(=O)(=O)NC(=O)c2nn(Cc3ccc(OC(F)(F)F)cc3)c3ccccc23)c1. The number of fused-ring (bicyclic) bond motifs is 1. The Morgan fingerprint density at radius 3 is 2.41 bits per heavy atom. The van der Waals surface area contributed by atoms with Crippen LogP contribution in [0.1, 0.15) is 21.6 Å². The van der Waals surface area contributed by atoms with Gasteiger partial charge in [0.25, 0.3) is 15.9 Å². The molecular formula is C23H18F3N3O4S. The van der Waals surface area contributed by atoms with Gasteiger partial charge in [0.15, 0.2) is 5.69 Å². The number of nitrogens with one attached hydrogen (secondary N) is 1. The highest BCUT2D eigenvalue weighted by Gasteiger charge is 2.31. The van der Waals surface area contributed by atoms with Crippen LogP contribution in [0.4, 0.5) is 13.2 Å². The monoisotopic (exact) mass is 489 g/mol. The number of carbonyl (C=O) groups is 1. The lowest BCUT2D eigenvalue weighted by atomic mass is 10.2. The zero-order valence-electron chi connectivity index (χ0n) is 17.7.